The summed E-state index contributed by atoms with van der Waals surface area (Å²) in [6.07, 6.45) is 0.00716. The van der Waals surface area contributed by atoms with Crippen LogP contribution in [0.1, 0.15) is 19.4 Å². The standard InChI is InChI=1S/C22H21ClN2O5/c1-13(2)28-10-9-25-21(26)19(14-3-5-15(23)6-4-14)20(22(25)27)24-16-7-8-17-18(11-16)30-12-29-17/h3-8,11,13,24H,9-10,12H2,1-2H3. The van der Waals surface area contributed by atoms with Crippen LogP contribution in [0.15, 0.2) is 48.2 Å². The Balaban J connectivity index is 1.67. The second kappa shape index (κ2) is 8.38. The number of anilines is 1. The monoisotopic (exact) mass is 428 g/mol. The molecule has 7 nitrogen and oxygen atoms in total. The molecule has 0 bridgehead atoms. The van der Waals surface area contributed by atoms with Gasteiger partial charge in [0.25, 0.3) is 11.8 Å². The maximum atomic E-state index is 13.1. The Bertz CT molecular complexity index is 1020. The first kappa shape index (κ1) is 20.3. The number of amides is 2. The number of hydrogen-bond donors (Lipinski definition) is 1. The minimum atomic E-state index is -0.407. The molecule has 2 amide bonds. The van der Waals surface area contributed by atoms with Gasteiger partial charge in [-0.3, -0.25) is 14.5 Å². The Hall–Kier alpha value is -3.03. The van der Waals surface area contributed by atoms with Gasteiger partial charge >= 0.3 is 0 Å². The molecule has 2 aliphatic rings. The molecule has 2 aliphatic heterocycles. The molecule has 2 heterocycles. The van der Waals surface area contributed by atoms with Gasteiger partial charge in [0.05, 0.1) is 24.8 Å². The van der Waals surface area contributed by atoms with Crippen LogP contribution in [-0.2, 0) is 14.3 Å². The molecule has 0 saturated carbocycles. The van der Waals surface area contributed by atoms with Crippen LogP contribution in [0.2, 0.25) is 5.02 Å². The smallest absolute Gasteiger partial charge is 0.278 e. The van der Waals surface area contributed by atoms with E-state index in [1.54, 1.807) is 42.5 Å². The van der Waals surface area contributed by atoms with E-state index in [2.05, 4.69) is 5.32 Å². The molecule has 8 heteroatoms. The molecule has 0 unspecified atom stereocenters. The zero-order valence-corrected chi connectivity index (χ0v) is 17.4. The third-order valence-electron chi connectivity index (χ3n) is 4.71. The lowest BCUT2D eigenvalue weighted by Crippen LogP contribution is -2.35. The van der Waals surface area contributed by atoms with E-state index < -0.39 is 5.91 Å². The fourth-order valence-electron chi connectivity index (χ4n) is 3.28. The normalized spacial score (nSPS) is 15.5. The van der Waals surface area contributed by atoms with E-state index in [1.807, 2.05) is 13.8 Å². The van der Waals surface area contributed by atoms with Gasteiger partial charge in [-0.15, -0.1) is 0 Å². The van der Waals surface area contributed by atoms with Crippen molar-refractivity contribution >= 4 is 34.7 Å². The van der Waals surface area contributed by atoms with Gasteiger partial charge in [-0.05, 0) is 43.7 Å². The number of carbonyl (C=O) groups excluding carboxylic acids is 2. The van der Waals surface area contributed by atoms with Gasteiger partial charge in [-0.2, -0.15) is 0 Å². The molecule has 1 N–H and O–H groups in total. The third kappa shape index (κ3) is 3.99. The molecule has 0 fully saturated rings. The molecule has 2 aromatic rings. The maximum Gasteiger partial charge on any atom is 0.278 e. The van der Waals surface area contributed by atoms with Gasteiger partial charge in [0.15, 0.2) is 11.5 Å². The van der Waals surface area contributed by atoms with E-state index in [0.717, 1.165) is 0 Å². The van der Waals surface area contributed by atoms with Gasteiger partial charge in [0.1, 0.15) is 5.70 Å². The van der Waals surface area contributed by atoms with Gasteiger partial charge in [-0.25, -0.2) is 0 Å². The highest BCUT2D eigenvalue weighted by atomic mass is 35.5. The summed E-state index contributed by atoms with van der Waals surface area (Å²) in [5.41, 5.74) is 1.71. The number of rotatable bonds is 7. The van der Waals surface area contributed by atoms with E-state index in [-0.39, 0.29) is 37.7 Å². The quantitative estimate of drug-likeness (QED) is 0.678. The Kier molecular flexibility index (Phi) is 5.65. The zero-order chi connectivity index (χ0) is 21.3. The van der Waals surface area contributed by atoms with E-state index in [4.69, 9.17) is 25.8 Å². The molecule has 0 saturated heterocycles. The molecule has 156 valence electrons. The Morgan fingerprint density at radius 1 is 1.07 bits per heavy atom. The van der Waals surface area contributed by atoms with Crippen molar-refractivity contribution in [2.45, 2.75) is 20.0 Å². The minimum absolute atomic E-state index is 0.00716. The average Bonchev–Trinajstić information content (AvgIpc) is 3.27. The minimum Gasteiger partial charge on any atom is -0.454 e. The molecular weight excluding hydrogens is 408 g/mol. The number of imide groups is 1. The lowest BCUT2D eigenvalue weighted by atomic mass is 10.0. The SMILES string of the molecule is CC(C)OCCN1C(=O)C(Nc2ccc3c(c2)OCO3)=C(c2ccc(Cl)cc2)C1=O. The number of nitrogens with zero attached hydrogens (tertiary/aromatic N) is 1. The van der Waals surface area contributed by atoms with Crippen LogP contribution < -0.4 is 14.8 Å². The average molecular weight is 429 g/mol. The summed E-state index contributed by atoms with van der Waals surface area (Å²) in [6, 6.07) is 12.1. The van der Waals surface area contributed by atoms with Crippen LogP contribution in [0.4, 0.5) is 5.69 Å². The molecule has 0 aromatic heterocycles. The topological polar surface area (TPSA) is 77.1 Å². The fourth-order valence-corrected chi connectivity index (χ4v) is 3.40. The van der Waals surface area contributed by atoms with E-state index in [9.17, 15) is 9.59 Å². The summed E-state index contributed by atoms with van der Waals surface area (Å²) >= 11 is 5.99. The summed E-state index contributed by atoms with van der Waals surface area (Å²) < 4.78 is 16.3. The van der Waals surface area contributed by atoms with Crippen LogP contribution in [0.25, 0.3) is 5.57 Å². The highest BCUT2D eigenvalue weighted by Crippen LogP contribution is 2.36. The first-order chi connectivity index (χ1) is 14.4. The summed E-state index contributed by atoms with van der Waals surface area (Å²) in [4.78, 5) is 27.5. The van der Waals surface area contributed by atoms with Crippen LogP contribution in [0.3, 0.4) is 0 Å². The first-order valence-corrected chi connectivity index (χ1v) is 9.96. The van der Waals surface area contributed by atoms with Crippen LogP contribution in [0, 0.1) is 0 Å². The highest BCUT2D eigenvalue weighted by molar-refractivity contribution is 6.36. The molecule has 0 atom stereocenters. The lowest BCUT2D eigenvalue weighted by Gasteiger charge is -2.16. The van der Waals surface area contributed by atoms with Crippen LogP contribution in [-0.4, -0.2) is 42.8 Å². The largest absolute Gasteiger partial charge is 0.454 e. The molecule has 0 spiro atoms. The summed E-state index contributed by atoms with van der Waals surface area (Å²) in [5, 5.41) is 3.65. The van der Waals surface area contributed by atoms with Crippen molar-refractivity contribution in [3.05, 3.63) is 58.7 Å². The van der Waals surface area contributed by atoms with Crippen molar-refractivity contribution in [1.82, 2.24) is 4.90 Å². The predicted octanol–water partition coefficient (Wildman–Crippen LogP) is 3.69. The van der Waals surface area contributed by atoms with Crippen molar-refractivity contribution in [3.63, 3.8) is 0 Å². The molecule has 30 heavy (non-hydrogen) atoms. The molecule has 0 radical (unpaired) electrons. The van der Waals surface area contributed by atoms with Crippen molar-refractivity contribution < 1.29 is 23.8 Å². The number of hydrogen-bond acceptors (Lipinski definition) is 6. The first-order valence-electron chi connectivity index (χ1n) is 9.58. The van der Waals surface area contributed by atoms with Crippen LogP contribution in [0.5, 0.6) is 11.5 Å². The van der Waals surface area contributed by atoms with Crippen molar-refractivity contribution in [3.8, 4) is 11.5 Å². The molecule has 2 aromatic carbocycles. The second-order valence-electron chi connectivity index (χ2n) is 7.13. The predicted molar refractivity (Wildman–Crippen MR) is 112 cm³/mol. The van der Waals surface area contributed by atoms with Crippen molar-refractivity contribution in [2.75, 3.05) is 25.3 Å². The van der Waals surface area contributed by atoms with Crippen molar-refractivity contribution in [1.29, 1.82) is 0 Å². The Labute approximate surface area is 179 Å². The second-order valence-corrected chi connectivity index (χ2v) is 7.57. The summed E-state index contributed by atoms with van der Waals surface area (Å²) in [7, 11) is 0. The Morgan fingerprint density at radius 2 is 1.80 bits per heavy atom. The van der Waals surface area contributed by atoms with E-state index in [0.29, 0.717) is 33.3 Å². The third-order valence-corrected chi connectivity index (χ3v) is 4.96. The number of benzene rings is 2. The number of carbonyl (C=O) groups is 2. The lowest BCUT2D eigenvalue weighted by molar-refractivity contribution is -0.137. The number of fused-ring (bicyclic) bond motifs is 1. The molecular formula is C22H21ClN2O5. The fraction of sp³-hybridized carbons (Fsp3) is 0.273. The number of ether oxygens (including phenoxy) is 3. The molecule has 4 rings (SSSR count). The summed E-state index contributed by atoms with van der Waals surface area (Å²) in [5.74, 6) is 0.425. The highest BCUT2D eigenvalue weighted by Gasteiger charge is 2.39. The van der Waals surface area contributed by atoms with Gasteiger partial charge < -0.3 is 19.5 Å². The number of halogens is 1. The Morgan fingerprint density at radius 3 is 2.53 bits per heavy atom. The van der Waals surface area contributed by atoms with Crippen molar-refractivity contribution in [2.24, 2.45) is 0 Å². The van der Waals surface area contributed by atoms with E-state index in [1.165, 1.54) is 4.90 Å². The zero-order valence-electron chi connectivity index (χ0n) is 16.6. The summed E-state index contributed by atoms with van der Waals surface area (Å²) in [6.45, 7) is 4.38. The number of nitrogens with one attached hydrogen (secondary N) is 1. The van der Waals surface area contributed by atoms with Gasteiger partial charge in [0, 0.05) is 16.8 Å². The van der Waals surface area contributed by atoms with Crippen LogP contribution >= 0.6 is 11.6 Å². The van der Waals surface area contributed by atoms with E-state index >= 15 is 0 Å². The van der Waals surface area contributed by atoms with Gasteiger partial charge in [-0.1, -0.05) is 23.7 Å². The molecule has 0 aliphatic carbocycles. The van der Waals surface area contributed by atoms with Gasteiger partial charge in [0.2, 0.25) is 6.79 Å². The maximum absolute atomic E-state index is 13.1.